The van der Waals surface area contributed by atoms with Crippen molar-refractivity contribution in [3.8, 4) is 11.5 Å². The molecule has 0 aromatic heterocycles. The van der Waals surface area contributed by atoms with Crippen molar-refractivity contribution in [3.63, 3.8) is 0 Å². The molecule has 0 aliphatic heterocycles. The largest absolute Gasteiger partial charge is 0.507 e. The van der Waals surface area contributed by atoms with Gasteiger partial charge in [-0.3, -0.25) is 4.99 Å². The summed E-state index contributed by atoms with van der Waals surface area (Å²) in [6.07, 6.45) is 2.74. The molecule has 0 fully saturated rings. The van der Waals surface area contributed by atoms with Crippen LogP contribution < -0.4 is 4.74 Å². The number of ether oxygens (including phenoxy) is 1. The number of phenols is 1. The molecule has 0 saturated carbocycles. The van der Waals surface area contributed by atoms with Crippen LogP contribution in [0.25, 0.3) is 0 Å². The van der Waals surface area contributed by atoms with Gasteiger partial charge in [0.25, 0.3) is 0 Å². The number of nitrogens with zero attached hydrogens (tertiary/aromatic N) is 2. The zero-order chi connectivity index (χ0) is 17.5. The summed E-state index contributed by atoms with van der Waals surface area (Å²) in [5.41, 5.74) is 3.23. The lowest BCUT2D eigenvalue weighted by molar-refractivity contribution is 0.307. The monoisotopic (exact) mass is 326 g/mol. The Labute approximate surface area is 144 Å². The molecular weight excluding hydrogens is 300 g/mol. The Morgan fingerprint density at radius 3 is 2.46 bits per heavy atom. The third-order valence-corrected chi connectivity index (χ3v) is 4.14. The van der Waals surface area contributed by atoms with Crippen molar-refractivity contribution in [2.75, 3.05) is 27.7 Å². The highest BCUT2D eigenvalue weighted by Crippen LogP contribution is 2.22. The molecule has 1 N–H and O–H groups in total. The van der Waals surface area contributed by atoms with Gasteiger partial charge in [0.1, 0.15) is 11.5 Å². The maximum atomic E-state index is 9.92. The molecule has 128 valence electrons. The first kappa shape index (κ1) is 18.0. The number of methoxy groups -OCH3 is 1. The molecule has 0 saturated heterocycles. The van der Waals surface area contributed by atoms with Gasteiger partial charge in [0.05, 0.1) is 19.7 Å². The number of aryl methyl sites for hydroxylation is 1. The Bertz CT molecular complexity index is 679. The third-order valence-electron chi connectivity index (χ3n) is 4.14. The number of aliphatic imine (C=N–C) groups is 1. The van der Waals surface area contributed by atoms with Gasteiger partial charge in [-0.1, -0.05) is 31.2 Å². The van der Waals surface area contributed by atoms with Gasteiger partial charge in [-0.2, -0.15) is 0 Å². The number of phenolic OH excluding ortho intramolecular Hbond substituents is 1. The van der Waals surface area contributed by atoms with Crippen LogP contribution in [0.5, 0.6) is 11.5 Å². The van der Waals surface area contributed by atoms with Crippen LogP contribution >= 0.6 is 0 Å². The predicted octanol–water partition coefficient (Wildman–Crippen LogP) is 3.69. The minimum atomic E-state index is 0.194. The van der Waals surface area contributed by atoms with Crippen molar-refractivity contribution in [1.82, 2.24) is 4.90 Å². The molecule has 2 rings (SSSR count). The molecule has 2 aromatic carbocycles. The van der Waals surface area contributed by atoms with Crippen LogP contribution in [0.2, 0.25) is 0 Å². The van der Waals surface area contributed by atoms with E-state index in [-0.39, 0.29) is 11.8 Å². The summed E-state index contributed by atoms with van der Waals surface area (Å²) in [4.78, 5) is 6.69. The SMILES string of the molecule is CCc1ccc([C@H](CN=Cc2cc(OC)ccc2O)N(C)C)cc1. The highest BCUT2D eigenvalue weighted by Gasteiger charge is 2.13. The fourth-order valence-electron chi connectivity index (χ4n) is 2.56. The smallest absolute Gasteiger partial charge is 0.124 e. The number of likely N-dealkylation sites (N-methyl/N-ethyl adjacent to an activating group) is 1. The second-order valence-corrected chi connectivity index (χ2v) is 5.99. The van der Waals surface area contributed by atoms with Gasteiger partial charge in [0, 0.05) is 11.8 Å². The maximum absolute atomic E-state index is 9.92. The van der Waals surface area contributed by atoms with E-state index in [1.807, 2.05) is 0 Å². The average molecular weight is 326 g/mol. The topological polar surface area (TPSA) is 45.1 Å². The Kier molecular flexibility index (Phi) is 6.38. The molecule has 2 aromatic rings. The van der Waals surface area contributed by atoms with Gasteiger partial charge >= 0.3 is 0 Å². The minimum absolute atomic E-state index is 0.194. The quantitative estimate of drug-likeness (QED) is 0.789. The Hall–Kier alpha value is -2.33. The molecule has 0 aliphatic carbocycles. The molecular formula is C20H26N2O2. The highest BCUT2D eigenvalue weighted by molar-refractivity contribution is 5.84. The van der Waals surface area contributed by atoms with Gasteiger partial charge in [-0.15, -0.1) is 0 Å². The van der Waals surface area contributed by atoms with Crippen LogP contribution in [0.1, 0.15) is 29.7 Å². The summed E-state index contributed by atoms with van der Waals surface area (Å²) in [6, 6.07) is 14.0. The van der Waals surface area contributed by atoms with E-state index in [1.54, 1.807) is 31.5 Å². The van der Waals surface area contributed by atoms with E-state index in [4.69, 9.17) is 4.74 Å². The van der Waals surface area contributed by atoms with Gasteiger partial charge in [0.2, 0.25) is 0 Å². The molecule has 1 atom stereocenters. The lowest BCUT2D eigenvalue weighted by Crippen LogP contribution is -2.22. The molecule has 0 heterocycles. The predicted molar refractivity (Wildman–Crippen MR) is 99.4 cm³/mol. The van der Waals surface area contributed by atoms with Crippen LogP contribution in [0.4, 0.5) is 0 Å². The van der Waals surface area contributed by atoms with E-state index in [0.29, 0.717) is 17.9 Å². The summed E-state index contributed by atoms with van der Waals surface area (Å²) in [5, 5.41) is 9.92. The van der Waals surface area contributed by atoms with Crippen molar-refractivity contribution in [1.29, 1.82) is 0 Å². The second-order valence-electron chi connectivity index (χ2n) is 5.99. The number of hydrogen-bond donors (Lipinski definition) is 1. The first-order valence-electron chi connectivity index (χ1n) is 8.17. The zero-order valence-electron chi connectivity index (χ0n) is 14.9. The molecule has 4 heteroatoms. The van der Waals surface area contributed by atoms with Gasteiger partial charge in [0.15, 0.2) is 0 Å². The van der Waals surface area contributed by atoms with Crippen LogP contribution in [0.15, 0.2) is 47.5 Å². The van der Waals surface area contributed by atoms with Crippen LogP contribution in [0.3, 0.4) is 0 Å². The van der Waals surface area contributed by atoms with Crippen molar-refractivity contribution < 1.29 is 9.84 Å². The third kappa shape index (κ3) is 4.59. The van der Waals surface area contributed by atoms with Gasteiger partial charge in [-0.25, -0.2) is 0 Å². The molecule has 4 nitrogen and oxygen atoms in total. The van der Waals surface area contributed by atoms with E-state index < -0.39 is 0 Å². The molecule has 0 bridgehead atoms. The number of rotatable bonds is 7. The first-order chi connectivity index (χ1) is 11.5. The fourth-order valence-corrected chi connectivity index (χ4v) is 2.56. The standard InChI is InChI=1S/C20H26N2O2/c1-5-15-6-8-16(9-7-15)19(22(2)3)14-21-13-17-12-18(24-4)10-11-20(17)23/h6-13,19,23H,5,14H2,1-4H3/t19-/m0/s1. The molecule has 24 heavy (non-hydrogen) atoms. The lowest BCUT2D eigenvalue weighted by atomic mass is 10.0. The van der Waals surface area contributed by atoms with Crippen molar-refractivity contribution in [2.24, 2.45) is 4.99 Å². The van der Waals surface area contributed by atoms with Crippen LogP contribution in [-0.4, -0.2) is 44.0 Å². The average Bonchev–Trinajstić information content (AvgIpc) is 2.60. The van der Waals surface area contributed by atoms with E-state index in [0.717, 1.165) is 6.42 Å². The van der Waals surface area contributed by atoms with E-state index in [9.17, 15) is 5.11 Å². The molecule has 0 unspecified atom stereocenters. The second kappa shape index (κ2) is 8.50. The number of benzene rings is 2. The van der Waals surface area contributed by atoms with Crippen molar-refractivity contribution in [3.05, 3.63) is 59.2 Å². The fraction of sp³-hybridized carbons (Fsp3) is 0.350. The first-order valence-corrected chi connectivity index (χ1v) is 8.17. The van der Waals surface area contributed by atoms with Crippen LogP contribution in [-0.2, 0) is 6.42 Å². The normalized spacial score (nSPS) is 12.7. The Morgan fingerprint density at radius 2 is 1.88 bits per heavy atom. The summed E-state index contributed by atoms with van der Waals surface area (Å²) in [7, 11) is 5.71. The Balaban J connectivity index is 2.13. The lowest BCUT2D eigenvalue weighted by Gasteiger charge is -2.23. The molecule has 0 amide bonds. The summed E-state index contributed by atoms with van der Waals surface area (Å²) >= 11 is 0. The minimum Gasteiger partial charge on any atom is -0.507 e. The maximum Gasteiger partial charge on any atom is 0.124 e. The summed E-state index contributed by atoms with van der Waals surface area (Å²) in [5.74, 6) is 0.904. The number of hydrogen-bond acceptors (Lipinski definition) is 4. The summed E-state index contributed by atoms with van der Waals surface area (Å²) in [6.45, 7) is 2.78. The highest BCUT2D eigenvalue weighted by atomic mass is 16.5. The van der Waals surface area contributed by atoms with Crippen molar-refractivity contribution in [2.45, 2.75) is 19.4 Å². The van der Waals surface area contributed by atoms with Crippen LogP contribution in [0, 0.1) is 0 Å². The zero-order valence-corrected chi connectivity index (χ0v) is 14.9. The van der Waals surface area contributed by atoms with Gasteiger partial charge < -0.3 is 14.7 Å². The van der Waals surface area contributed by atoms with Crippen molar-refractivity contribution >= 4 is 6.21 Å². The molecule has 0 spiro atoms. The van der Waals surface area contributed by atoms with E-state index >= 15 is 0 Å². The Morgan fingerprint density at radius 1 is 1.17 bits per heavy atom. The van der Waals surface area contributed by atoms with Gasteiger partial charge in [-0.05, 0) is 49.8 Å². The van der Waals surface area contributed by atoms with E-state index in [2.05, 4.69) is 55.2 Å². The number of aromatic hydroxyl groups is 1. The molecule has 0 aliphatic rings. The molecule has 0 radical (unpaired) electrons. The van der Waals surface area contributed by atoms with E-state index in [1.165, 1.54) is 11.1 Å². The summed E-state index contributed by atoms with van der Waals surface area (Å²) < 4.78 is 5.19.